The van der Waals surface area contributed by atoms with E-state index in [0.29, 0.717) is 16.3 Å². The Labute approximate surface area is 150 Å². The van der Waals surface area contributed by atoms with Crippen molar-refractivity contribution >= 4 is 29.0 Å². The summed E-state index contributed by atoms with van der Waals surface area (Å²) >= 11 is 6.20. The molecule has 0 radical (unpaired) electrons. The summed E-state index contributed by atoms with van der Waals surface area (Å²) in [5, 5.41) is 2.92. The molecule has 2 rings (SSSR count). The molecule has 1 N–H and O–H groups in total. The zero-order chi connectivity index (χ0) is 18.7. The van der Waals surface area contributed by atoms with Gasteiger partial charge in [0.15, 0.2) is 5.78 Å². The number of benzene rings is 2. The van der Waals surface area contributed by atoms with E-state index in [1.165, 1.54) is 25.1 Å². The van der Waals surface area contributed by atoms with Crippen LogP contribution in [0.3, 0.4) is 0 Å². The van der Waals surface area contributed by atoms with Crippen molar-refractivity contribution < 1.29 is 18.7 Å². The molecule has 0 aromatic heterocycles. The van der Waals surface area contributed by atoms with Gasteiger partial charge in [0, 0.05) is 11.3 Å². The molecule has 0 fully saturated rings. The van der Waals surface area contributed by atoms with Gasteiger partial charge in [0.05, 0.1) is 16.7 Å². The van der Waals surface area contributed by atoms with Crippen molar-refractivity contribution in [3.8, 4) is 5.75 Å². The lowest BCUT2D eigenvalue weighted by molar-refractivity contribution is 0.101. The first-order valence-corrected chi connectivity index (χ1v) is 8.15. The quantitative estimate of drug-likeness (QED) is 0.758. The van der Waals surface area contributed by atoms with E-state index in [0.717, 1.165) is 11.6 Å². The molecule has 0 spiro atoms. The van der Waals surface area contributed by atoms with Crippen molar-refractivity contribution in [1.82, 2.24) is 0 Å². The number of ether oxygens (including phenoxy) is 1. The number of Topliss-reactive ketones (excluding diaryl/α,β-unsaturated/α-hetero) is 1. The summed E-state index contributed by atoms with van der Waals surface area (Å²) in [6, 6.07) is 7.08. The van der Waals surface area contributed by atoms with Crippen LogP contribution in [0.4, 0.5) is 10.1 Å². The number of amides is 1. The molecule has 2 aromatic rings. The number of halogens is 2. The third-order valence-electron chi connectivity index (χ3n) is 3.45. The highest BCUT2D eigenvalue weighted by Crippen LogP contribution is 2.31. The van der Waals surface area contributed by atoms with Crippen LogP contribution >= 0.6 is 11.6 Å². The largest absolute Gasteiger partial charge is 0.489 e. The van der Waals surface area contributed by atoms with E-state index in [2.05, 4.69) is 5.32 Å². The van der Waals surface area contributed by atoms with Crippen LogP contribution < -0.4 is 10.1 Å². The molecule has 6 heteroatoms. The molecule has 0 aliphatic heterocycles. The Morgan fingerprint density at radius 1 is 1.20 bits per heavy atom. The summed E-state index contributed by atoms with van der Waals surface area (Å²) in [6.07, 6.45) is -0.0429. The van der Waals surface area contributed by atoms with Crippen LogP contribution in [0, 0.1) is 12.7 Å². The Bertz CT molecular complexity index is 810. The summed E-state index contributed by atoms with van der Waals surface area (Å²) in [4.78, 5) is 23.6. The Kier molecular flexibility index (Phi) is 5.80. The Hall–Kier alpha value is -2.40. The second-order valence-corrected chi connectivity index (χ2v) is 6.38. The number of anilines is 1. The molecular formula is C19H19ClFNO3. The van der Waals surface area contributed by atoms with E-state index < -0.39 is 11.7 Å². The number of hydrogen-bond donors (Lipinski definition) is 1. The third-order valence-corrected chi connectivity index (χ3v) is 3.73. The van der Waals surface area contributed by atoms with Crippen molar-refractivity contribution in [3.63, 3.8) is 0 Å². The molecule has 0 heterocycles. The fourth-order valence-corrected chi connectivity index (χ4v) is 2.64. The number of nitrogens with one attached hydrogen (secondary N) is 1. The number of aryl methyl sites for hydroxylation is 1. The highest BCUT2D eigenvalue weighted by molar-refractivity contribution is 6.32. The predicted octanol–water partition coefficient (Wildman–Crippen LogP) is 5.03. The van der Waals surface area contributed by atoms with Crippen LogP contribution in [0.1, 0.15) is 47.1 Å². The van der Waals surface area contributed by atoms with Crippen LogP contribution in [-0.4, -0.2) is 17.8 Å². The fraction of sp³-hybridized carbons (Fsp3) is 0.263. The second-order valence-electron chi connectivity index (χ2n) is 5.98. The van der Waals surface area contributed by atoms with E-state index >= 15 is 0 Å². The van der Waals surface area contributed by atoms with E-state index in [4.69, 9.17) is 16.3 Å². The van der Waals surface area contributed by atoms with Gasteiger partial charge in [0.25, 0.3) is 5.91 Å². The third kappa shape index (κ3) is 4.57. The van der Waals surface area contributed by atoms with E-state index in [9.17, 15) is 14.0 Å². The van der Waals surface area contributed by atoms with E-state index in [-0.39, 0.29) is 23.1 Å². The molecular weight excluding hydrogens is 345 g/mol. The lowest BCUT2D eigenvalue weighted by Crippen LogP contribution is -2.14. The molecule has 0 aliphatic rings. The molecule has 4 nitrogen and oxygen atoms in total. The highest BCUT2D eigenvalue weighted by atomic mass is 35.5. The zero-order valence-electron chi connectivity index (χ0n) is 14.4. The van der Waals surface area contributed by atoms with Crippen molar-refractivity contribution in [2.45, 2.75) is 33.8 Å². The smallest absolute Gasteiger partial charge is 0.255 e. The minimum atomic E-state index is -0.680. The molecule has 0 aliphatic carbocycles. The summed E-state index contributed by atoms with van der Waals surface area (Å²) < 4.78 is 19.5. The van der Waals surface area contributed by atoms with E-state index in [1.54, 1.807) is 13.0 Å². The average molecular weight is 364 g/mol. The normalized spacial score (nSPS) is 10.7. The first-order chi connectivity index (χ1) is 11.7. The fourth-order valence-electron chi connectivity index (χ4n) is 2.33. The first kappa shape index (κ1) is 18.9. The van der Waals surface area contributed by atoms with Crippen LogP contribution in [0.15, 0.2) is 30.3 Å². The van der Waals surface area contributed by atoms with Gasteiger partial charge in [-0.1, -0.05) is 11.6 Å². The van der Waals surface area contributed by atoms with Gasteiger partial charge < -0.3 is 10.1 Å². The average Bonchev–Trinajstić information content (AvgIpc) is 2.50. The van der Waals surface area contributed by atoms with Gasteiger partial charge in [0.2, 0.25) is 0 Å². The zero-order valence-corrected chi connectivity index (χ0v) is 15.2. The molecule has 0 unspecified atom stereocenters. The minimum Gasteiger partial charge on any atom is -0.489 e. The summed E-state index contributed by atoms with van der Waals surface area (Å²) in [5.41, 5.74) is 1.29. The Balaban J connectivity index is 2.24. The van der Waals surface area contributed by atoms with Gasteiger partial charge in [-0.2, -0.15) is 0 Å². The molecule has 0 atom stereocenters. The molecule has 0 saturated heterocycles. The molecule has 2 aromatic carbocycles. The predicted molar refractivity (Wildman–Crippen MR) is 96.3 cm³/mol. The number of hydrogen-bond acceptors (Lipinski definition) is 3. The standard InChI is InChI=1S/C19H19ClFNO3/c1-10(2)25-18-11(3)7-13(8-16(18)20)19(24)22-14-5-6-15(12(4)23)17(21)9-14/h5-10H,1-4H3,(H,22,24). The van der Waals surface area contributed by atoms with Crippen molar-refractivity contribution in [3.05, 3.63) is 57.9 Å². The highest BCUT2D eigenvalue weighted by Gasteiger charge is 2.15. The monoisotopic (exact) mass is 363 g/mol. The minimum absolute atomic E-state index is 0.0212. The summed E-state index contributed by atoms with van der Waals surface area (Å²) in [7, 11) is 0. The van der Waals surface area contributed by atoms with Gasteiger partial charge in [-0.05, 0) is 63.6 Å². The lowest BCUT2D eigenvalue weighted by atomic mass is 10.1. The van der Waals surface area contributed by atoms with Crippen LogP contribution in [-0.2, 0) is 0 Å². The molecule has 25 heavy (non-hydrogen) atoms. The van der Waals surface area contributed by atoms with Crippen molar-refractivity contribution in [2.24, 2.45) is 0 Å². The maximum atomic E-state index is 13.8. The maximum Gasteiger partial charge on any atom is 0.255 e. The Morgan fingerprint density at radius 2 is 1.88 bits per heavy atom. The Morgan fingerprint density at radius 3 is 2.40 bits per heavy atom. The van der Waals surface area contributed by atoms with Gasteiger partial charge >= 0.3 is 0 Å². The number of rotatable bonds is 5. The molecule has 0 saturated carbocycles. The SMILES string of the molecule is CC(=O)c1ccc(NC(=O)c2cc(C)c(OC(C)C)c(Cl)c2)cc1F. The number of carbonyl (C=O) groups excluding carboxylic acids is 2. The van der Waals surface area contributed by atoms with Crippen LogP contribution in [0.25, 0.3) is 0 Å². The van der Waals surface area contributed by atoms with Crippen LogP contribution in [0.2, 0.25) is 5.02 Å². The van der Waals surface area contributed by atoms with Gasteiger partial charge in [-0.3, -0.25) is 9.59 Å². The maximum absolute atomic E-state index is 13.8. The van der Waals surface area contributed by atoms with E-state index in [1.807, 2.05) is 13.8 Å². The second kappa shape index (κ2) is 7.66. The van der Waals surface area contributed by atoms with Gasteiger partial charge in [-0.15, -0.1) is 0 Å². The van der Waals surface area contributed by atoms with Gasteiger partial charge in [0.1, 0.15) is 11.6 Å². The summed E-state index contributed by atoms with van der Waals surface area (Å²) in [5.74, 6) is -0.958. The lowest BCUT2D eigenvalue weighted by Gasteiger charge is -2.15. The van der Waals surface area contributed by atoms with Gasteiger partial charge in [-0.25, -0.2) is 4.39 Å². The molecule has 1 amide bonds. The molecule has 0 bridgehead atoms. The topological polar surface area (TPSA) is 55.4 Å². The van der Waals surface area contributed by atoms with Crippen molar-refractivity contribution in [2.75, 3.05) is 5.32 Å². The van der Waals surface area contributed by atoms with Crippen molar-refractivity contribution in [1.29, 1.82) is 0 Å². The number of carbonyl (C=O) groups is 2. The first-order valence-electron chi connectivity index (χ1n) is 7.77. The van der Waals surface area contributed by atoms with Crippen LogP contribution in [0.5, 0.6) is 5.75 Å². The number of ketones is 1. The summed E-state index contributed by atoms with van der Waals surface area (Å²) in [6.45, 7) is 6.84. The molecule has 132 valence electrons.